The fourth-order valence-electron chi connectivity index (χ4n) is 3.01. The molecule has 3 unspecified atom stereocenters. The Hall–Kier alpha value is -1.26. The number of carbonyl (C=O) groups is 1. The molecular weight excluding hydrogens is 228 g/mol. The van der Waals surface area contributed by atoms with Gasteiger partial charge in [0.15, 0.2) is 0 Å². The topological polar surface area (TPSA) is 65.2 Å². The molecule has 1 saturated heterocycles. The van der Waals surface area contributed by atoms with Crippen LogP contribution in [0.3, 0.4) is 0 Å². The molecule has 4 heteroatoms. The number of hydrogen-bond donors (Lipinski definition) is 1. The normalized spacial score (nSPS) is 31.1. The summed E-state index contributed by atoms with van der Waals surface area (Å²) < 4.78 is 5.30. The van der Waals surface area contributed by atoms with E-state index >= 15 is 0 Å². The molecule has 1 aromatic rings. The van der Waals surface area contributed by atoms with E-state index in [4.69, 9.17) is 10.5 Å². The van der Waals surface area contributed by atoms with Gasteiger partial charge in [-0.25, -0.2) is 0 Å². The lowest BCUT2D eigenvalue weighted by Gasteiger charge is -2.26. The summed E-state index contributed by atoms with van der Waals surface area (Å²) in [6.07, 6.45) is 4.75. The first kappa shape index (κ1) is 11.8. The molecule has 3 rings (SSSR count). The van der Waals surface area contributed by atoms with Crippen LogP contribution in [0.5, 0.6) is 0 Å². The standard InChI is InChI=1S/C14H18N2O2/c15-12-8-18-7-11(12)14(17)10-5-1-3-9-4-2-6-16-13(9)10/h2,4,6,10-12H,1,3,5,7-8,15H2. The van der Waals surface area contributed by atoms with Gasteiger partial charge < -0.3 is 10.5 Å². The van der Waals surface area contributed by atoms with Crippen LogP contribution in [0, 0.1) is 5.92 Å². The predicted octanol–water partition coefficient (Wildman–Crippen LogP) is 1.04. The summed E-state index contributed by atoms with van der Waals surface area (Å²) in [5.41, 5.74) is 8.12. The molecule has 1 aliphatic heterocycles. The lowest BCUT2D eigenvalue weighted by atomic mass is 9.79. The zero-order valence-electron chi connectivity index (χ0n) is 10.3. The van der Waals surface area contributed by atoms with Crippen LogP contribution in [0.1, 0.15) is 30.0 Å². The van der Waals surface area contributed by atoms with Crippen LogP contribution in [0.2, 0.25) is 0 Å². The third-order valence-corrected chi connectivity index (χ3v) is 4.03. The minimum Gasteiger partial charge on any atom is -0.379 e. The van der Waals surface area contributed by atoms with Gasteiger partial charge in [-0.1, -0.05) is 6.07 Å². The second-order valence-electron chi connectivity index (χ2n) is 5.20. The minimum atomic E-state index is -0.150. The van der Waals surface area contributed by atoms with Crippen molar-refractivity contribution in [1.82, 2.24) is 4.98 Å². The molecule has 0 radical (unpaired) electrons. The van der Waals surface area contributed by atoms with Crippen molar-refractivity contribution in [2.75, 3.05) is 13.2 Å². The Kier molecular flexibility index (Phi) is 3.14. The van der Waals surface area contributed by atoms with Crippen LogP contribution in [0.15, 0.2) is 18.3 Å². The zero-order chi connectivity index (χ0) is 12.5. The van der Waals surface area contributed by atoms with E-state index in [0.717, 1.165) is 25.0 Å². The zero-order valence-corrected chi connectivity index (χ0v) is 10.3. The van der Waals surface area contributed by atoms with Crippen LogP contribution < -0.4 is 5.73 Å². The van der Waals surface area contributed by atoms with E-state index < -0.39 is 0 Å². The highest BCUT2D eigenvalue weighted by Gasteiger charge is 2.38. The number of nitrogens with two attached hydrogens (primary N) is 1. The van der Waals surface area contributed by atoms with Crippen LogP contribution >= 0.6 is 0 Å². The van der Waals surface area contributed by atoms with Crippen LogP contribution in [-0.2, 0) is 16.0 Å². The molecule has 18 heavy (non-hydrogen) atoms. The number of ketones is 1. The van der Waals surface area contributed by atoms with Crippen molar-refractivity contribution in [3.8, 4) is 0 Å². The number of pyridine rings is 1. The highest BCUT2D eigenvalue weighted by Crippen LogP contribution is 2.33. The Labute approximate surface area is 107 Å². The Morgan fingerprint density at radius 2 is 2.33 bits per heavy atom. The van der Waals surface area contributed by atoms with Crippen molar-refractivity contribution in [3.05, 3.63) is 29.6 Å². The highest BCUT2D eigenvalue weighted by atomic mass is 16.5. The number of aromatic nitrogens is 1. The first-order chi connectivity index (χ1) is 8.77. The minimum absolute atomic E-state index is 0.0762. The summed E-state index contributed by atoms with van der Waals surface area (Å²) in [5, 5.41) is 0. The van der Waals surface area contributed by atoms with Gasteiger partial charge in [-0.05, 0) is 30.9 Å². The number of rotatable bonds is 2. The second kappa shape index (κ2) is 4.78. The molecule has 4 nitrogen and oxygen atoms in total. The van der Waals surface area contributed by atoms with Gasteiger partial charge in [0.1, 0.15) is 5.78 Å². The molecule has 3 atom stereocenters. The largest absolute Gasteiger partial charge is 0.379 e. The van der Waals surface area contributed by atoms with E-state index in [2.05, 4.69) is 11.1 Å². The van der Waals surface area contributed by atoms with Gasteiger partial charge in [-0.3, -0.25) is 9.78 Å². The summed E-state index contributed by atoms with van der Waals surface area (Å²) in [5.74, 6) is -0.00435. The fraction of sp³-hybridized carbons (Fsp3) is 0.571. The van der Waals surface area contributed by atoms with Crippen LogP contribution in [-0.4, -0.2) is 30.0 Å². The van der Waals surface area contributed by atoms with Gasteiger partial charge in [0.05, 0.1) is 30.7 Å². The van der Waals surface area contributed by atoms with Crippen LogP contribution in [0.25, 0.3) is 0 Å². The van der Waals surface area contributed by atoms with Crippen molar-refractivity contribution in [1.29, 1.82) is 0 Å². The van der Waals surface area contributed by atoms with Gasteiger partial charge >= 0.3 is 0 Å². The summed E-state index contributed by atoms with van der Waals surface area (Å²) in [7, 11) is 0. The van der Waals surface area contributed by atoms with E-state index in [1.165, 1.54) is 5.56 Å². The highest BCUT2D eigenvalue weighted by molar-refractivity contribution is 5.89. The fourth-order valence-corrected chi connectivity index (χ4v) is 3.01. The van der Waals surface area contributed by atoms with Gasteiger partial charge in [0.25, 0.3) is 0 Å². The number of Topliss-reactive ketones (excluding diaryl/α,β-unsaturated/α-hetero) is 1. The van der Waals surface area contributed by atoms with E-state index in [9.17, 15) is 4.79 Å². The van der Waals surface area contributed by atoms with Crippen molar-refractivity contribution in [2.24, 2.45) is 11.7 Å². The first-order valence-electron chi connectivity index (χ1n) is 6.58. The molecule has 2 heterocycles. The molecule has 1 aromatic heterocycles. The van der Waals surface area contributed by atoms with Crippen molar-refractivity contribution >= 4 is 5.78 Å². The Bertz CT molecular complexity index is 461. The number of aryl methyl sites for hydroxylation is 1. The number of fused-ring (bicyclic) bond motifs is 1. The summed E-state index contributed by atoms with van der Waals surface area (Å²) in [6, 6.07) is 3.87. The Morgan fingerprint density at radius 3 is 3.11 bits per heavy atom. The van der Waals surface area contributed by atoms with Crippen molar-refractivity contribution < 1.29 is 9.53 Å². The lowest BCUT2D eigenvalue weighted by molar-refractivity contribution is -0.125. The Balaban J connectivity index is 1.87. The number of hydrogen-bond acceptors (Lipinski definition) is 4. The maximum absolute atomic E-state index is 12.6. The monoisotopic (exact) mass is 246 g/mol. The van der Waals surface area contributed by atoms with E-state index in [-0.39, 0.29) is 23.7 Å². The second-order valence-corrected chi connectivity index (χ2v) is 5.20. The van der Waals surface area contributed by atoms with Crippen LogP contribution in [0.4, 0.5) is 0 Å². The van der Waals surface area contributed by atoms with Gasteiger partial charge in [0, 0.05) is 12.2 Å². The number of nitrogens with zero attached hydrogens (tertiary/aromatic N) is 1. The molecule has 1 aliphatic carbocycles. The number of ether oxygens (including phenoxy) is 1. The first-order valence-corrected chi connectivity index (χ1v) is 6.58. The SMILES string of the molecule is NC1COCC1C(=O)C1CCCc2cccnc21. The summed E-state index contributed by atoms with van der Waals surface area (Å²) in [6.45, 7) is 0.969. The molecule has 2 N–H and O–H groups in total. The smallest absolute Gasteiger partial charge is 0.148 e. The third-order valence-electron chi connectivity index (χ3n) is 4.03. The lowest BCUT2D eigenvalue weighted by Crippen LogP contribution is -2.37. The van der Waals surface area contributed by atoms with E-state index in [0.29, 0.717) is 13.2 Å². The average Bonchev–Trinajstić information content (AvgIpc) is 2.83. The molecule has 0 spiro atoms. The summed E-state index contributed by atoms with van der Waals surface area (Å²) >= 11 is 0. The van der Waals surface area contributed by atoms with Gasteiger partial charge in [-0.2, -0.15) is 0 Å². The quantitative estimate of drug-likeness (QED) is 0.847. The molecular formula is C14H18N2O2. The number of carbonyl (C=O) groups excluding carboxylic acids is 1. The molecule has 0 amide bonds. The average molecular weight is 246 g/mol. The maximum Gasteiger partial charge on any atom is 0.148 e. The molecule has 1 fully saturated rings. The third kappa shape index (κ3) is 1.95. The predicted molar refractivity (Wildman–Crippen MR) is 67.2 cm³/mol. The van der Waals surface area contributed by atoms with Gasteiger partial charge in [0.2, 0.25) is 0 Å². The van der Waals surface area contributed by atoms with Crippen molar-refractivity contribution in [3.63, 3.8) is 0 Å². The molecule has 0 saturated carbocycles. The summed E-state index contributed by atoms with van der Waals surface area (Å²) in [4.78, 5) is 17.0. The molecule has 0 bridgehead atoms. The molecule has 0 aromatic carbocycles. The Morgan fingerprint density at radius 1 is 1.44 bits per heavy atom. The molecule has 96 valence electrons. The van der Waals surface area contributed by atoms with Gasteiger partial charge in [-0.15, -0.1) is 0 Å². The molecule has 2 aliphatic rings. The van der Waals surface area contributed by atoms with E-state index in [1.54, 1.807) is 6.20 Å². The van der Waals surface area contributed by atoms with Crippen molar-refractivity contribution in [2.45, 2.75) is 31.2 Å². The van der Waals surface area contributed by atoms with E-state index in [1.807, 2.05) is 6.07 Å². The maximum atomic E-state index is 12.6.